The zero-order chi connectivity index (χ0) is 47.0. The minimum Gasteiger partial charge on any atom is -0.462 e. The van der Waals surface area contributed by atoms with Crippen molar-refractivity contribution < 1.29 is 52.2 Å². The first kappa shape index (κ1) is 61.4. The van der Waals surface area contributed by atoms with Gasteiger partial charge in [-0.2, -0.15) is 0 Å². The standard InChI is InChI=1S/C52H93O11P/c1-4-7-10-13-16-19-21-22-23-24-25-26-28-30-32-35-38-41-50(54)59-45-49(63-52(56)43-40-37-34-31-27-20-17-14-11-8-5-2)47-61-64(57,58)60-46-48(44-53)62-51(55)42-39-36-33-29-18-15-12-9-6-3/h7,10,14,16-17,19,22-23,48-49,53H,4-6,8-9,11-13,15,18,20-21,24-47H2,1-3H3,(H,57,58)/b10-7-,17-14-,19-16-,23-22-. The molecule has 0 heterocycles. The maximum atomic E-state index is 12.8. The summed E-state index contributed by atoms with van der Waals surface area (Å²) >= 11 is 0. The van der Waals surface area contributed by atoms with Gasteiger partial charge in [0.1, 0.15) is 12.7 Å². The third-order valence-corrected chi connectivity index (χ3v) is 11.7. The number of aliphatic hydroxyl groups excluding tert-OH is 1. The van der Waals surface area contributed by atoms with E-state index in [1.54, 1.807) is 0 Å². The van der Waals surface area contributed by atoms with Gasteiger partial charge < -0.3 is 24.2 Å². The lowest BCUT2D eigenvalue weighted by molar-refractivity contribution is -0.161. The quantitative estimate of drug-likeness (QED) is 0.0197. The summed E-state index contributed by atoms with van der Waals surface area (Å²) in [4.78, 5) is 48.2. The molecule has 12 heteroatoms. The highest BCUT2D eigenvalue weighted by Crippen LogP contribution is 2.43. The molecular formula is C52H93O11P. The van der Waals surface area contributed by atoms with E-state index in [0.717, 1.165) is 109 Å². The molecule has 0 fully saturated rings. The lowest BCUT2D eigenvalue weighted by Gasteiger charge is -2.21. The molecule has 0 rings (SSSR count). The van der Waals surface area contributed by atoms with Gasteiger partial charge in [0.15, 0.2) is 6.10 Å². The van der Waals surface area contributed by atoms with Gasteiger partial charge in [-0.3, -0.25) is 23.4 Å². The Labute approximate surface area is 390 Å². The van der Waals surface area contributed by atoms with E-state index in [-0.39, 0.29) is 25.9 Å². The van der Waals surface area contributed by atoms with Crippen LogP contribution in [0.3, 0.4) is 0 Å². The van der Waals surface area contributed by atoms with Gasteiger partial charge in [-0.05, 0) is 70.6 Å². The molecule has 0 saturated carbocycles. The Bertz CT molecular complexity index is 1260. The molecule has 2 N–H and O–H groups in total. The molecule has 3 unspecified atom stereocenters. The number of hydrogen-bond donors (Lipinski definition) is 2. The van der Waals surface area contributed by atoms with Crippen LogP contribution in [0.5, 0.6) is 0 Å². The second kappa shape index (κ2) is 47.0. The third kappa shape index (κ3) is 44.6. The van der Waals surface area contributed by atoms with E-state index >= 15 is 0 Å². The molecule has 0 aromatic carbocycles. The van der Waals surface area contributed by atoms with Crippen molar-refractivity contribution in [3.8, 4) is 0 Å². The van der Waals surface area contributed by atoms with Gasteiger partial charge >= 0.3 is 25.7 Å². The highest BCUT2D eigenvalue weighted by atomic mass is 31.2. The molecule has 0 bridgehead atoms. The Kier molecular flexibility index (Phi) is 45.1. The Morgan fingerprint density at radius 3 is 1.31 bits per heavy atom. The molecule has 0 aromatic rings. The van der Waals surface area contributed by atoms with Crippen molar-refractivity contribution in [1.82, 2.24) is 0 Å². The molecule has 0 aliphatic carbocycles. The van der Waals surface area contributed by atoms with Crippen LogP contribution in [0.2, 0.25) is 0 Å². The molecule has 0 aliphatic heterocycles. The fourth-order valence-electron chi connectivity index (χ4n) is 6.82. The lowest BCUT2D eigenvalue weighted by atomic mass is 10.1. The van der Waals surface area contributed by atoms with Gasteiger partial charge in [0, 0.05) is 19.3 Å². The maximum absolute atomic E-state index is 12.8. The second-order valence-electron chi connectivity index (χ2n) is 17.0. The van der Waals surface area contributed by atoms with E-state index in [0.29, 0.717) is 19.3 Å². The summed E-state index contributed by atoms with van der Waals surface area (Å²) in [5.41, 5.74) is 0. The molecule has 0 radical (unpaired) electrons. The Balaban J connectivity index is 4.72. The second-order valence-corrected chi connectivity index (χ2v) is 18.4. The summed E-state index contributed by atoms with van der Waals surface area (Å²) in [6, 6.07) is 0. The van der Waals surface area contributed by atoms with Crippen molar-refractivity contribution in [2.24, 2.45) is 0 Å². The highest BCUT2D eigenvalue weighted by molar-refractivity contribution is 7.47. The van der Waals surface area contributed by atoms with Crippen molar-refractivity contribution in [2.45, 2.75) is 238 Å². The Morgan fingerprint density at radius 2 is 0.828 bits per heavy atom. The van der Waals surface area contributed by atoms with Crippen molar-refractivity contribution in [3.05, 3.63) is 48.6 Å². The van der Waals surface area contributed by atoms with Gasteiger partial charge in [-0.1, -0.05) is 185 Å². The SMILES string of the molecule is CC/C=C\C/C=C\C/C=C\CCCCCCCCCC(=O)OCC(COP(=O)(O)OCC(CO)OC(=O)CCCCCCCCCCC)OC(=O)CCCCCCC/C=C\CCCC. The van der Waals surface area contributed by atoms with Crippen LogP contribution in [0.1, 0.15) is 226 Å². The first-order valence-corrected chi connectivity index (χ1v) is 27.0. The van der Waals surface area contributed by atoms with Crippen molar-refractivity contribution in [1.29, 1.82) is 0 Å². The summed E-state index contributed by atoms with van der Waals surface area (Å²) < 4.78 is 39.2. The van der Waals surface area contributed by atoms with Gasteiger partial charge in [-0.25, -0.2) is 4.57 Å². The van der Waals surface area contributed by atoms with Gasteiger partial charge in [0.2, 0.25) is 0 Å². The zero-order valence-electron chi connectivity index (χ0n) is 40.7. The van der Waals surface area contributed by atoms with E-state index in [9.17, 15) is 28.9 Å². The fraction of sp³-hybridized carbons (Fsp3) is 0.788. The number of ether oxygens (including phenoxy) is 3. The molecule has 11 nitrogen and oxygen atoms in total. The summed E-state index contributed by atoms with van der Waals surface area (Å²) in [5, 5.41) is 9.73. The monoisotopic (exact) mass is 925 g/mol. The summed E-state index contributed by atoms with van der Waals surface area (Å²) in [5.74, 6) is -1.48. The first-order chi connectivity index (χ1) is 31.2. The van der Waals surface area contributed by atoms with Crippen molar-refractivity contribution in [3.63, 3.8) is 0 Å². The van der Waals surface area contributed by atoms with Crippen LogP contribution in [-0.4, -0.2) is 66.5 Å². The molecule has 0 saturated heterocycles. The number of phosphoric acid groups is 1. The normalized spacial score (nSPS) is 13.9. The predicted octanol–water partition coefficient (Wildman–Crippen LogP) is 14.2. The van der Waals surface area contributed by atoms with Gasteiger partial charge in [0.05, 0.1) is 19.8 Å². The molecule has 3 atom stereocenters. The van der Waals surface area contributed by atoms with E-state index in [1.807, 2.05) is 0 Å². The predicted molar refractivity (Wildman–Crippen MR) is 261 cm³/mol. The minimum absolute atomic E-state index is 0.156. The summed E-state index contributed by atoms with van der Waals surface area (Å²) in [6.45, 7) is 4.44. The molecule has 372 valence electrons. The molecular weight excluding hydrogens is 832 g/mol. The summed E-state index contributed by atoms with van der Waals surface area (Å²) in [6.07, 6.45) is 46.6. The van der Waals surface area contributed by atoms with Crippen LogP contribution in [0, 0.1) is 0 Å². The number of unbranched alkanes of at least 4 members (excludes halogenated alkanes) is 22. The highest BCUT2D eigenvalue weighted by Gasteiger charge is 2.28. The van der Waals surface area contributed by atoms with Crippen LogP contribution in [0.15, 0.2) is 48.6 Å². The zero-order valence-corrected chi connectivity index (χ0v) is 41.6. The minimum atomic E-state index is -4.73. The van der Waals surface area contributed by atoms with Crippen LogP contribution in [0.4, 0.5) is 0 Å². The number of esters is 3. The third-order valence-electron chi connectivity index (χ3n) is 10.7. The Hall–Kier alpha value is -2.56. The first-order valence-electron chi connectivity index (χ1n) is 25.5. The van der Waals surface area contributed by atoms with Crippen LogP contribution < -0.4 is 0 Å². The van der Waals surface area contributed by atoms with Crippen LogP contribution in [-0.2, 0) is 42.2 Å². The topological polar surface area (TPSA) is 155 Å². The van der Waals surface area contributed by atoms with E-state index in [4.69, 9.17) is 23.3 Å². The molecule has 0 amide bonds. The largest absolute Gasteiger partial charge is 0.472 e. The van der Waals surface area contributed by atoms with Gasteiger partial charge in [0.25, 0.3) is 0 Å². The molecule has 0 aliphatic rings. The van der Waals surface area contributed by atoms with Crippen molar-refractivity contribution in [2.75, 3.05) is 26.4 Å². The summed E-state index contributed by atoms with van der Waals surface area (Å²) in [7, 11) is -4.73. The van der Waals surface area contributed by atoms with Crippen LogP contribution in [0.25, 0.3) is 0 Å². The average Bonchev–Trinajstić information content (AvgIpc) is 3.28. The van der Waals surface area contributed by atoms with Crippen LogP contribution >= 0.6 is 7.82 Å². The number of carbonyl (C=O) groups is 3. The number of phosphoric ester groups is 1. The van der Waals surface area contributed by atoms with E-state index < -0.39 is 57.8 Å². The number of aliphatic hydroxyl groups is 1. The molecule has 0 spiro atoms. The Morgan fingerprint density at radius 1 is 0.453 bits per heavy atom. The number of allylic oxidation sites excluding steroid dienone is 8. The van der Waals surface area contributed by atoms with E-state index in [1.165, 1.54) is 57.8 Å². The lowest BCUT2D eigenvalue weighted by Crippen LogP contribution is -2.30. The average molecular weight is 925 g/mol. The van der Waals surface area contributed by atoms with Gasteiger partial charge in [-0.15, -0.1) is 0 Å². The number of carbonyl (C=O) groups excluding carboxylic acids is 3. The smallest absolute Gasteiger partial charge is 0.462 e. The molecule has 64 heavy (non-hydrogen) atoms. The maximum Gasteiger partial charge on any atom is 0.472 e. The van der Waals surface area contributed by atoms with Crippen molar-refractivity contribution >= 4 is 25.7 Å². The number of hydrogen-bond acceptors (Lipinski definition) is 10. The van der Waals surface area contributed by atoms with E-state index in [2.05, 4.69) is 69.4 Å². The molecule has 0 aromatic heterocycles. The number of rotatable bonds is 47. The fourth-order valence-corrected chi connectivity index (χ4v) is 7.61.